The van der Waals surface area contributed by atoms with Crippen molar-refractivity contribution in [2.45, 2.75) is 23.5 Å². The van der Waals surface area contributed by atoms with Gasteiger partial charge in [-0.25, -0.2) is 12.8 Å². The quantitative estimate of drug-likeness (QED) is 0.603. The Kier molecular flexibility index (Phi) is 5.99. The maximum absolute atomic E-state index is 13.0. The first kappa shape index (κ1) is 20.7. The number of nitrogens with one attached hydrogen (secondary N) is 1. The van der Waals surface area contributed by atoms with Gasteiger partial charge in [0.25, 0.3) is 15.9 Å². The molecule has 0 bridgehead atoms. The normalized spacial score (nSPS) is 15.1. The number of amides is 1. The Labute approximate surface area is 179 Å². The molecule has 3 aromatic rings. The van der Waals surface area contributed by atoms with Crippen molar-refractivity contribution in [1.82, 2.24) is 4.31 Å². The van der Waals surface area contributed by atoms with Crippen LogP contribution in [0, 0.1) is 5.82 Å². The maximum Gasteiger partial charge on any atom is 0.255 e. The number of benzene rings is 2. The number of sulfonamides is 1. The number of thiophene rings is 1. The molecule has 1 aliphatic heterocycles. The van der Waals surface area contributed by atoms with E-state index in [-0.39, 0.29) is 11.7 Å². The topological polar surface area (TPSA) is 66.5 Å². The number of nitrogens with zero attached hydrogens (tertiary/aromatic N) is 1. The van der Waals surface area contributed by atoms with Crippen LogP contribution < -0.4 is 5.32 Å². The molecule has 2 heterocycles. The van der Waals surface area contributed by atoms with E-state index in [0.29, 0.717) is 28.5 Å². The second kappa shape index (κ2) is 8.67. The SMILES string of the molecule is O=C(Nc1ccc(F)cc1)c1ccc(-c2ccc(S(=O)(=O)N3CCCCC3)s2)cc1. The van der Waals surface area contributed by atoms with Gasteiger partial charge in [-0.15, -0.1) is 11.3 Å². The zero-order chi connectivity index (χ0) is 21.1. The van der Waals surface area contributed by atoms with Crippen LogP contribution >= 0.6 is 11.3 Å². The third kappa shape index (κ3) is 4.45. The minimum atomic E-state index is -3.45. The molecule has 156 valence electrons. The van der Waals surface area contributed by atoms with E-state index < -0.39 is 10.0 Å². The molecule has 1 amide bonds. The lowest BCUT2D eigenvalue weighted by Gasteiger charge is -2.25. The molecule has 2 aromatic carbocycles. The number of carbonyl (C=O) groups excluding carboxylic acids is 1. The van der Waals surface area contributed by atoms with E-state index in [1.54, 1.807) is 40.7 Å². The number of piperidine rings is 1. The summed E-state index contributed by atoms with van der Waals surface area (Å²) < 4.78 is 40.6. The highest BCUT2D eigenvalue weighted by Crippen LogP contribution is 2.33. The predicted molar refractivity (Wildman–Crippen MR) is 117 cm³/mol. The zero-order valence-electron chi connectivity index (χ0n) is 16.2. The molecule has 0 spiro atoms. The van der Waals surface area contributed by atoms with Gasteiger partial charge in [0.05, 0.1) is 0 Å². The zero-order valence-corrected chi connectivity index (χ0v) is 17.8. The van der Waals surface area contributed by atoms with Crippen LogP contribution in [-0.4, -0.2) is 31.7 Å². The first-order chi connectivity index (χ1) is 14.4. The van der Waals surface area contributed by atoms with E-state index in [0.717, 1.165) is 29.7 Å². The monoisotopic (exact) mass is 444 g/mol. The molecule has 0 unspecified atom stereocenters. The van der Waals surface area contributed by atoms with Crippen molar-refractivity contribution in [3.05, 3.63) is 72.0 Å². The standard InChI is InChI=1S/C22H21FN2O3S2/c23-18-8-10-19(11-9-18)24-22(26)17-6-4-16(5-7-17)20-12-13-21(29-20)30(27,28)25-14-2-1-3-15-25/h4-13H,1-3,14-15H2,(H,24,26). The van der Waals surface area contributed by atoms with Gasteiger partial charge in [0.1, 0.15) is 10.0 Å². The lowest BCUT2D eigenvalue weighted by Crippen LogP contribution is -2.35. The number of rotatable bonds is 5. The molecule has 5 nitrogen and oxygen atoms in total. The molecule has 1 fully saturated rings. The molecule has 0 atom stereocenters. The molecule has 1 N–H and O–H groups in total. The average molecular weight is 445 g/mol. The number of hydrogen-bond donors (Lipinski definition) is 1. The van der Waals surface area contributed by atoms with Gasteiger partial charge in [-0.2, -0.15) is 4.31 Å². The van der Waals surface area contributed by atoms with Crippen molar-refractivity contribution < 1.29 is 17.6 Å². The molecule has 30 heavy (non-hydrogen) atoms. The van der Waals surface area contributed by atoms with E-state index in [1.807, 2.05) is 0 Å². The molecule has 0 saturated carbocycles. The lowest BCUT2D eigenvalue weighted by molar-refractivity contribution is 0.102. The molecule has 4 rings (SSSR count). The summed E-state index contributed by atoms with van der Waals surface area (Å²) >= 11 is 1.24. The van der Waals surface area contributed by atoms with E-state index in [9.17, 15) is 17.6 Å². The fourth-order valence-corrected chi connectivity index (χ4v) is 6.35. The third-order valence-corrected chi connectivity index (χ3v) is 8.52. The van der Waals surface area contributed by atoms with E-state index in [2.05, 4.69) is 5.32 Å². The van der Waals surface area contributed by atoms with Gasteiger partial charge in [-0.3, -0.25) is 4.79 Å². The highest BCUT2D eigenvalue weighted by molar-refractivity contribution is 7.91. The van der Waals surface area contributed by atoms with Gasteiger partial charge in [-0.1, -0.05) is 18.6 Å². The molecule has 1 aliphatic rings. The summed E-state index contributed by atoms with van der Waals surface area (Å²) in [5.41, 5.74) is 1.82. The highest BCUT2D eigenvalue weighted by atomic mass is 32.2. The van der Waals surface area contributed by atoms with E-state index >= 15 is 0 Å². The van der Waals surface area contributed by atoms with Crippen LogP contribution in [0.25, 0.3) is 10.4 Å². The van der Waals surface area contributed by atoms with Crippen LogP contribution in [0.1, 0.15) is 29.6 Å². The molecule has 0 radical (unpaired) electrons. The molecule has 1 saturated heterocycles. The van der Waals surface area contributed by atoms with Gasteiger partial charge in [0, 0.05) is 29.2 Å². The fourth-order valence-electron chi connectivity index (χ4n) is 3.37. The van der Waals surface area contributed by atoms with E-state index in [4.69, 9.17) is 0 Å². The third-order valence-electron chi connectivity index (χ3n) is 5.02. The van der Waals surface area contributed by atoms with Crippen LogP contribution in [0.5, 0.6) is 0 Å². The van der Waals surface area contributed by atoms with Gasteiger partial charge >= 0.3 is 0 Å². The summed E-state index contributed by atoms with van der Waals surface area (Å²) in [7, 11) is -3.45. The molecule has 8 heteroatoms. The van der Waals surface area contributed by atoms with Gasteiger partial charge in [0.2, 0.25) is 0 Å². The van der Waals surface area contributed by atoms with Crippen molar-refractivity contribution in [1.29, 1.82) is 0 Å². The average Bonchev–Trinajstić information content (AvgIpc) is 3.27. The van der Waals surface area contributed by atoms with Crippen LogP contribution in [0.3, 0.4) is 0 Å². The lowest BCUT2D eigenvalue weighted by atomic mass is 10.1. The summed E-state index contributed by atoms with van der Waals surface area (Å²) in [5.74, 6) is -0.664. The fraction of sp³-hybridized carbons (Fsp3) is 0.227. The number of anilines is 1. The highest BCUT2D eigenvalue weighted by Gasteiger charge is 2.27. The summed E-state index contributed by atoms with van der Waals surface area (Å²) in [6, 6.07) is 16.0. The van der Waals surface area contributed by atoms with Gasteiger partial charge in [-0.05, 0) is 66.9 Å². The minimum absolute atomic E-state index is 0.298. The van der Waals surface area contributed by atoms with Crippen molar-refractivity contribution in [2.24, 2.45) is 0 Å². The van der Waals surface area contributed by atoms with Crippen molar-refractivity contribution in [3.8, 4) is 10.4 Å². The Hall–Kier alpha value is -2.55. The Morgan fingerprint density at radius 3 is 2.23 bits per heavy atom. The Morgan fingerprint density at radius 2 is 1.57 bits per heavy atom. The summed E-state index contributed by atoms with van der Waals surface area (Å²) in [5, 5.41) is 2.72. The summed E-state index contributed by atoms with van der Waals surface area (Å²) in [6.45, 7) is 1.15. The maximum atomic E-state index is 13.0. The second-order valence-corrected chi connectivity index (χ2v) is 10.4. The molecular formula is C22H21FN2O3S2. The molecule has 1 aromatic heterocycles. The van der Waals surface area contributed by atoms with Gasteiger partial charge < -0.3 is 5.32 Å². The van der Waals surface area contributed by atoms with Crippen LogP contribution in [0.15, 0.2) is 64.9 Å². The van der Waals surface area contributed by atoms with Gasteiger partial charge in [0.15, 0.2) is 0 Å². The van der Waals surface area contributed by atoms with Crippen LogP contribution in [0.4, 0.5) is 10.1 Å². The minimum Gasteiger partial charge on any atom is -0.322 e. The Bertz CT molecular complexity index is 1130. The second-order valence-electron chi connectivity index (χ2n) is 7.12. The van der Waals surface area contributed by atoms with Crippen LogP contribution in [-0.2, 0) is 10.0 Å². The summed E-state index contributed by atoms with van der Waals surface area (Å²) in [4.78, 5) is 13.2. The van der Waals surface area contributed by atoms with Crippen molar-refractivity contribution in [3.63, 3.8) is 0 Å². The van der Waals surface area contributed by atoms with E-state index in [1.165, 1.54) is 35.6 Å². The van der Waals surface area contributed by atoms with Crippen molar-refractivity contribution in [2.75, 3.05) is 18.4 Å². The number of hydrogen-bond acceptors (Lipinski definition) is 4. The Balaban J connectivity index is 1.48. The predicted octanol–water partition coefficient (Wildman–Crippen LogP) is 4.98. The largest absolute Gasteiger partial charge is 0.322 e. The molecular weight excluding hydrogens is 423 g/mol. The van der Waals surface area contributed by atoms with Crippen LogP contribution in [0.2, 0.25) is 0 Å². The smallest absolute Gasteiger partial charge is 0.255 e. The molecule has 0 aliphatic carbocycles. The Morgan fingerprint density at radius 1 is 0.900 bits per heavy atom. The van der Waals surface area contributed by atoms with Crippen molar-refractivity contribution >= 4 is 33.0 Å². The first-order valence-electron chi connectivity index (χ1n) is 9.71. The number of halogens is 1. The first-order valence-corrected chi connectivity index (χ1v) is 12.0. The summed E-state index contributed by atoms with van der Waals surface area (Å²) in [6.07, 6.45) is 2.88. The number of carbonyl (C=O) groups is 1.